The number of carbonyl (C=O) groups excluding carboxylic acids is 1. The van der Waals surface area contributed by atoms with Crippen molar-refractivity contribution in [1.29, 1.82) is 0 Å². The average molecular weight is 521 g/mol. The van der Waals surface area contributed by atoms with Gasteiger partial charge in [0, 0.05) is 24.3 Å². The summed E-state index contributed by atoms with van der Waals surface area (Å²) in [5.41, 5.74) is -0.351. The van der Waals surface area contributed by atoms with Crippen LogP contribution < -0.4 is 0 Å². The van der Waals surface area contributed by atoms with E-state index >= 15 is 0 Å². The molecule has 0 amide bonds. The van der Waals surface area contributed by atoms with Crippen LogP contribution in [0.5, 0.6) is 0 Å². The molecule has 0 aromatic heterocycles. The summed E-state index contributed by atoms with van der Waals surface area (Å²) >= 11 is 0. The third-order valence-electron chi connectivity index (χ3n) is 12.1. The maximum Gasteiger partial charge on any atom is 0.331 e. The molecule has 8 nitrogen and oxygen atoms in total. The summed E-state index contributed by atoms with van der Waals surface area (Å²) in [5, 5.41) is 44.2. The third kappa shape index (κ3) is 3.80. The standard InChI is InChI=1S/C29H44O8/c1-15-26(33)22(30)13-25(36-15)37-18-11-17-4-5-21-20(28(17,3)23(31)12-18)6-8-27(2)19(7-9-29(21,27)34)16-10-24(32)35-14-16/h10,15,17-23,25-26,30-31,33-34H,4-9,11-14H2,1-3H3/t15-,17-,18-,19-,20+,21-,22+,23-,25+,26-,27-,28+,29+/m1/s1. The van der Waals surface area contributed by atoms with Crippen LogP contribution >= 0.6 is 0 Å². The number of hydrogen-bond acceptors (Lipinski definition) is 8. The van der Waals surface area contributed by atoms with Gasteiger partial charge in [0.2, 0.25) is 0 Å². The van der Waals surface area contributed by atoms with Gasteiger partial charge in [-0.05, 0) is 86.5 Å². The Bertz CT molecular complexity index is 940. The average Bonchev–Trinajstić information content (AvgIpc) is 3.38. The molecule has 4 aliphatic carbocycles. The third-order valence-corrected chi connectivity index (χ3v) is 12.1. The van der Waals surface area contributed by atoms with Crippen molar-refractivity contribution in [3.63, 3.8) is 0 Å². The Morgan fingerprint density at radius 1 is 1.00 bits per heavy atom. The lowest BCUT2D eigenvalue weighted by atomic mass is 9.42. The summed E-state index contributed by atoms with van der Waals surface area (Å²) in [4.78, 5) is 11.8. The van der Waals surface area contributed by atoms with Crippen LogP contribution in [0.25, 0.3) is 0 Å². The van der Waals surface area contributed by atoms with Gasteiger partial charge in [0.25, 0.3) is 0 Å². The topological polar surface area (TPSA) is 126 Å². The lowest BCUT2D eigenvalue weighted by molar-refractivity contribution is -0.280. The fourth-order valence-electron chi connectivity index (χ4n) is 9.87. The van der Waals surface area contributed by atoms with Gasteiger partial charge in [-0.15, -0.1) is 0 Å². The molecule has 2 aliphatic heterocycles. The minimum absolute atomic E-state index is 0.127. The second kappa shape index (κ2) is 9.00. The second-order valence-corrected chi connectivity index (χ2v) is 13.5. The number of ether oxygens (including phenoxy) is 3. The number of cyclic esters (lactones) is 1. The van der Waals surface area contributed by atoms with Crippen molar-refractivity contribution in [3.8, 4) is 0 Å². The normalized spacial score (nSPS) is 55.6. The summed E-state index contributed by atoms with van der Waals surface area (Å²) in [5.74, 6) is 0.542. The van der Waals surface area contributed by atoms with Gasteiger partial charge in [-0.2, -0.15) is 0 Å². The smallest absolute Gasteiger partial charge is 0.331 e. The van der Waals surface area contributed by atoms with Crippen molar-refractivity contribution in [3.05, 3.63) is 11.6 Å². The Kier molecular flexibility index (Phi) is 6.37. The van der Waals surface area contributed by atoms with Crippen LogP contribution in [0.3, 0.4) is 0 Å². The van der Waals surface area contributed by atoms with Gasteiger partial charge in [0.15, 0.2) is 6.29 Å². The number of fused-ring (bicyclic) bond motifs is 5. The molecule has 0 unspecified atom stereocenters. The first-order chi connectivity index (χ1) is 17.5. The Balaban J connectivity index is 1.19. The molecule has 2 heterocycles. The molecule has 0 radical (unpaired) electrons. The molecular weight excluding hydrogens is 476 g/mol. The van der Waals surface area contributed by atoms with Crippen LogP contribution in [0, 0.1) is 34.5 Å². The molecule has 0 aromatic rings. The SMILES string of the molecule is C[C@H]1O[C@@H](O[C@@H]2C[C@H]3CC[C@@H]4[C@H](CC[C@]5(C)[C@@H](C6=CC(=O)OC6)CC[C@]45O)[C@@]3(C)[C@H](O)C2)C[C@H](O)[C@@H]1O. The van der Waals surface area contributed by atoms with E-state index in [1.165, 1.54) is 0 Å². The summed E-state index contributed by atoms with van der Waals surface area (Å²) in [6.45, 7) is 6.54. The molecule has 208 valence electrons. The van der Waals surface area contributed by atoms with Gasteiger partial charge in [0.05, 0.1) is 30.0 Å². The van der Waals surface area contributed by atoms with Crippen molar-refractivity contribution in [2.24, 2.45) is 34.5 Å². The van der Waals surface area contributed by atoms with Gasteiger partial charge in [0.1, 0.15) is 12.7 Å². The molecule has 6 rings (SSSR count). The fourth-order valence-corrected chi connectivity index (χ4v) is 9.87. The van der Waals surface area contributed by atoms with Crippen molar-refractivity contribution in [1.82, 2.24) is 0 Å². The number of carbonyl (C=O) groups is 1. The maximum absolute atomic E-state index is 12.4. The number of aliphatic hydroxyl groups is 4. The van der Waals surface area contributed by atoms with Crippen molar-refractivity contribution in [2.75, 3.05) is 6.61 Å². The first kappa shape index (κ1) is 26.2. The van der Waals surface area contributed by atoms with E-state index in [0.29, 0.717) is 13.0 Å². The monoisotopic (exact) mass is 520 g/mol. The minimum Gasteiger partial charge on any atom is -0.458 e. The quantitative estimate of drug-likeness (QED) is 0.330. The molecular formula is C29H44O8. The van der Waals surface area contributed by atoms with Gasteiger partial charge in [-0.25, -0.2) is 4.79 Å². The van der Waals surface area contributed by atoms with Crippen LogP contribution in [-0.4, -0.2) is 75.4 Å². The van der Waals surface area contributed by atoms with Crippen LogP contribution in [0.2, 0.25) is 0 Å². The number of hydrogen-bond donors (Lipinski definition) is 4. The van der Waals surface area contributed by atoms with Crippen molar-refractivity contribution < 1.29 is 39.4 Å². The summed E-state index contributed by atoms with van der Waals surface area (Å²) in [6.07, 6.45) is 4.94. The van der Waals surface area contributed by atoms with E-state index in [-0.39, 0.29) is 53.0 Å². The Morgan fingerprint density at radius 2 is 1.78 bits per heavy atom. The molecule has 13 atom stereocenters. The van der Waals surface area contributed by atoms with E-state index in [0.717, 1.165) is 50.5 Å². The highest BCUT2D eigenvalue weighted by Crippen LogP contribution is 2.70. The predicted molar refractivity (Wildman–Crippen MR) is 133 cm³/mol. The molecule has 4 saturated carbocycles. The summed E-state index contributed by atoms with van der Waals surface area (Å²) in [6, 6.07) is 0. The summed E-state index contributed by atoms with van der Waals surface area (Å²) in [7, 11) is 0. The first-order valence-electron chi connectivity index (χ1n) is 14.4. The molecule has 5 fully saturated rings. The van der Waals surface area contributed by atoms with Crippen molar-refractivity contribution in [2.45, 2.75) is 121 Å². The van der Waals surface area contributed by atoms with E-state index in [2.05, 4.69) is 13.8 Å². The summed E-state index contributed by atoms with van der Waals surface area (Å²) < 4.78 is 17.3. The molecule has 0 aromatic carbocycles. The zero-order chi connectivity index (χ0) is 26.3. The molecule has 4 N–H and O–H groups in total. The van der Waals surface area contributed by atoms with Gasteiger partial charge >= 0.3 is 5.97 Å². The van der Waals surface area contributed by atoms with Crippen molar-refractivity contribution >= 4 is 5.97 Å². The highest BCUT2D eigenvalue weighted by molar-refractivity contribution is 5.85. The minimum atomic E-state index is -0.911. The molecule has 0 bridgehead atoms. The Hall–Kier alpha value is -1.03. The fraction of sp³-hybridized carbons (Fsp3) is 0.897. The van der Waals surface area contributed by atoms with Crippen LogP contribution in [-0.2, 0) is 19.0 Å². The van der Waals surface area contributed by atoms with E-state index < -0.39 is 36.3 Å². The largest absolute Gasteiger partial charge is 0.458 e. The Morgan fingerprint density at radius 3 is 2.49 bits per heavy atom. The van der Waals surface area contributed by atoms with Crippen LogP contribution in [0.1, 0.15) is 78.6 Å². The zero-order valence-electron chi connectivity index (χ0n) is 22.3. The highest BCUT2D eigenvalue weighted by Gasteiger charge is 2.69. The van der Waals surface area contributed by atoms with Crippen LogP contribution in [0.4, 0.5) is 0 Å². The lowest BCUT2D eigenvalue weighted by Crippen LogP contribution is -2.65. The maximum atomic E-state index is 12.4. The number of esters is 1. The zero-order valence-corrected chi connectivity index (χ0v) is 22.3. The predicted octanol–water partition coefficient (Wildman–Crippen LogP) is 2.46. The second-order valence-electron chi connectivity index (χ2n) is 13.5. The van der Waals surface area contributed by atoms with E-state index in [1.54, 1.807) is 13.0 Å². The highest BCUT2D eigenvalue weighted by atomic mass is 16.7. The molecule has 6 aliphatic rings. The first-order valence-corrected chi connectivity index (χ1v) is 14.4. The van der Waals surface area contributed by atoms with Gasteiger partial charge < -0.3 is 34.6 Å². The van der Waals surface area contributed by atoms with Crippen LogP contribution in [0.15, 0.2) is 11.6 Å². The molecule has 8 heteroatoms. The molecule has 0 spiro atoms. The molecule has 1 saturated heterocycles. The van der Waals surface area contributed by atoms with E-state index in [9.17, 15) is 25.2 Å². The number of aliphatic hydroxyl groups excluding tert-OH is 3. The lowest BCUT2D eigenvalue weighted by Gasteiger charge is -2.64. The van der Waals surface area contributed by atoms with Gasteiger partial charge in [-0.1, -0.05) is 13.8 Å². The van der Waals surface area contributed by atoms with E-state index in [4.69, 9.17) is 14.2 Å². The van der Waals surface area contributed by atoms with Gasteiger partial charge in [-0.3, -0.25) is 0 Å². The number of rotatable bonds is 3. The Labute approximate surface area is 219 Å². The van der Waals surface area contributed by atoms with E-state index in [1.807, 2.05) is 0 Å². The molecule has 37 heavy (non-hydrogen) atoms.